The summed E-state index contributed by atoms with van der Waals surface area (Å²) in [6.07, 6.45) is 0.996. The van der Waals surface area contributed by atoms with Crippen LogP contribution in [-0.2, 0) is 6.42 Å². The molecule has 0 aliphatic rings. The van der Waals surface area contributed by atoms with Gasteiger partial charge in [0.1, 0.15) is 10.8 Å². The Balaban J connectivity index is 1.98. The van der Waals surface area contributed by atoms with Crippen LogP contribution in [0.15, 0.2) is 29.6 Å². The summed E-state index contributed by atoms with van der Waals surface area (Å²) in [6, 6.07) is 7.99. The molecule has 0 radical (unpaired) electrons. The van der Waals surface area contributed by atoms with Gasteiger partial charge < -0.3 is 11.1 Å². The number of nitrogens with zero attached hydrogens (tertiary/aromatic N) is 1. The predicted octanol–water partition coefficient (Wildman–Crippen LogP) is 2.74. The lowest BCUT2D eigenvalue weighted by molar-refractivity contribution is 1.02. The van der Waals surface area contributed by atoms with E-state index in [1.54, 1.807) is 11.3 Å². The zero-order valence-corrected chi connectivity index (χ0v) is 11.8. The van der Waals surface area contributed by atoms with Crippen LogP contribution in [0.25, 0.3) is 0 Å². The van der Waals surface area contributed by atoms with Crippen LogP contribution in [0.3, 0.4) is 0 Å². The summed E-state index contributed by atoms with van der Waals surface area (Å²) in [6.45, 7) is 2.79. The van der Waals surface area contributed by atoms with Gasteiger partial charge in [-0.25, -0.2) is 4.98 Å². The molecule has 94 valence electrons. The first-order valence-electron chi connectivity index (χ1n) is 5.70. The third kappa shape index (κ3) is 3.51. The minimum Gasteiger partial charge on any atom is -0.389 e. The molecule has 0 spiro atoms. The molecule has 0 bridgehead atoms. The van der Waals surface area contributed by atoms with E-state index in [4.69, 9.17) is 18.0 Å². The van der Waals surface area contributed by atoms with Crippen molar-refractivity contribution in [1.82, 2.24) is 4.98 Å². The Morgan fingerprint density at radius 3 is 3.00 bits per heavy atom. The number of nitrogens with two attached hydrogens (primary N) is 1. The van der Waals surface area contributed by atoms with E-state index in [0.29, 0.717) is 4.99 Å². The van der Waals surface area contributed by atoms with Gasteiger partial charge in [0.15, 0.2) is 0 Å². The number of thiocarbonyl (C=S) groups is 1. The monoisotopic (exact) mass is 277 g/mol. The van der Waals surface area contributed by atoms with Crippen LogP contribution in [0.5, 0.6) is 0 Å². The Bertz CT molecular complexity index is 535. The van der Waals surface area contributed by atoms with Gasteiger partial charge in [-0.3, -0.25) is 0 Å². The van der Waals surface area contributed by atoms with Crippen molar-refractivity contribution in [2.75, 3.05) is 11.9 Å². The maximum atomic E-state index is 5.63. The Kier molecular flexibility index (Phi) is 4.28. The number of anilines is 1. The third-order valence-corrected chi connectivity index (χ3v) is 3.67. The fourth-order valence-electron chi connectivity index (χ4n) is 1.67. The fraction of sp³-hybridized carbons (Fsp3) is 0.231. The van der Waals surface area contributed by atoms with E-state index in [0.717, 1.165) is 30.0 Å². The van der Waals surface area contributed by atoms with Crippen molar-refractivity contribution >= 4 is 34.4 Å². The molecule has 0 saturated carbocycles. The average molecular weight is 277 g/mol. The highest BCUT2D eigenvalue weighted by Gasteiger charge is 2.02. The van der Waals surface area contributed by atoms with Crippen LogP contribution in [-0.4, -0.2) is 16.5 Å². The molecule has 0 amide bonds. The summed E-state index contributed by atoms with van der Waals surface area (Å²) < 4.78 is 0. The van der Waals surface area contributed by atoms with Crippen molar-refractivity contribution in [3.05, 3.63) is 45.8 Å². The molecule has 0 aliphatic carbocycles. The Labute approximate surface area is 116 Å². The number of thiophene rings is 1. The molecule has 2 heterocycles. The lowest BCUT2D eigenvalue weighted by atomic mass is 10.2. The summed E-state index contributed by atoms with van der Waals surface area (Å²) in [4.78, 5) is 6.18. The third-order valence-electron chi connectivity index (χ3n) is 2.50. The van der Waals surface area contributed by atoms with Crippen LogP contribution in [0, 0.1) is 6.92 Å². The predicted molar refractivity (Wildman–Crippen MR) is 81.4 cm³/mol. The van der Waals surface area contributed by atoms with Gasteiger partial charge in [0, 0.05) is 22.7 Å². The van der Waals surface area contributed by atoms with Gasteiger partial charge in [-0.2, -0.15) is 0 Å². The lowest BCUT2D eigenvalue weighted by Gasteiger charge is -2.08. The van der Waals surface area contributed by atoms with Gasteiger partial charge >= 0.3 is 0 Å². The van der Waals surface area contributed by atoms with Crippen LogP contribution in [0.2, 0.25) is 0 Å². The number of aromatic nitrogens is 1. The van der Waals surface area contributed by atoms with Crippen molar-refractivity contribution in [1.29, 1.82) is 0 Å². The lowest BCUT2D eigenvalue weighted by Crippen LogP contribution is -2.12. The fourth-order valence-corrected chi connectivity index (χ4v) is 2.50. The van der Waals surface area contributed by atoms with Gasteiger partial charge in [-0.15, -0.1) is 11.3 Å². The number of rotatable bonds is 5. The second-order valence-electron chi connectivity index (χ2n) is 4.00. The van der Waals surface area contributed by atoms with E-state index in [-0.39, 0.29) is 0 Å². The summed E-state index contributed by atoms with van der Waals surface area (Å²) in [7, 11) is 0. The summed E-state index contributed by atoms with van der Waals surface area (Å²) in [5.41, 5.74) is 7.41. The first kappa shape index (κ1) is 13.0. The minimum absolute atomic E-state index is 0.404. The second kappa shape index (κ2) is 5.93. The molecule has 2 aromatic rings. The SMILES string of the molecule is Cc1cc(C(N)=S)cc(NCCc2cccs2)n1. The summed E-state index contributed by atoms with van der Waals surface area (Å²) >= 11 is 6.75. The van der Waals surface area contributed by atoms with Gasteiger partial charge in [-0.1, -0.05) is 18.3 Å². The molecule has 0 unspecified atom stereocenters. The van der Waals surface area contributed by atoms with Gasteiger partial charge in [0.2, 0.25) is 0 Å². The van der Waals surface area contributed by atoms with Gasteiger partial charge in [0.05, 0.1) is 0 Å². The minimum atomic E-state index is 0.404. The molecule has 2 aromatic heterocycles. The summed E-state index contributed by atoms with van der Waals surface area (Å²) in [5.74, 6) is 0.828. The molecule has 0 fully saturated rings. The highest BCUT2D eigenvalue weighted by atomic mass is 32.1. The smallest absolute Gasteiger partial charge is 0.126 e. The van der Waals surface area contributed by atoms with Crippen molar-refractivity contribution in [2.24, 2.45) is 5.73 Å². The zero-order valence-electron chi connectivity index (χ0n) is 10.1. The second-order valence-corrected chi connectivity index (χ2v) is 5.47. The Morgan fingerprint density at radius 1 is 1.50 bits per heavy atom. The number of hydrogen-bond acceptors (Lipinski definition) is 4. The largest absolute Gasteiger partial charge is 0.389 e. The molecule has 5 heteroatoms. The van der Waals surface area contributed by atoms with Crippen LogP contribution < -0.4 is 11.1 Å². The average Bonchev–Trinajstić information content (AvgIpc) is 2.81. The van der Waals surface area contributed by atoms with E-state index < -0.39 is 0 Å². The van der Waals surface area contributed by atoms with E-state index in [1.165, 1.54) is 4.88 Å². The molecule has 0 saturated heterocycles. The Hall–Kier alpha value is -1.46. The Morgan fingerprint density at radius 2 is 2.33 bits per heavy atom. The zero-order chi connectivity index (χ0) is 13.0. The van der Waals surface area contributed by atoms with E-state index in [9.17, 15) is 0 Å². The molecule has 0 atom stereocenters. The standard InChI is InChI=1S/C13H15N3S2/c1-9-7-10(13(14)17)8-12(16-9)15-5-4-11-3-2-6-18-11/h2-3,6-8H,4-5H2,1H3,(H2,14,17)(H,15,16). The molecule has 3 N–H and O–H groups in total. The molecule has 0 aromatic carbocycles. The van der Waals surface area contributed by atoms with Crippen molar-refractivity contribution in [3.63, 3.8) is 0 Å². The van der Waals surface area contributed by atoms with Gasteiger partial charge in [-0.05, 0) is 36.9 Å². The molecule has 2 rings (SSSR count). The van der Waals surface area contributed by atoms with Crippen molar-refractivity contribution < 1.29 is 0 Å². The van der Waals surface area contributed by atoms with E-state index in [2.05, 4.69) is 27.8 Å². The van der Waals surface area contributed by atoms with Crippen molar-refractivity contribution in [3.8, 4) is 0 Å². The van der Waals surface area contributed by atoms with Gasteiger partial charge in [0.25, 0.3) is 0 Å². The number of pyridine rings is 1. The summed E-state index contributed by atoms with van der Waals surface area (Å²) in [5, 5.41) is 5.39. The van der Waals surface area contributed by atoms with Crippen LogP contribution in [0.1, 0.15) is 16.1 Å². The van der Waals surface area contributed by atoms with Crippen molar-refractivity contribution in [2.45, 2.75) is 13.3 Å². The highest BCUT2D eigenvalue weighted by molar-refractivity contribution is 7.80. The topological polar surface area (TPSA) is 50.9 Å². The first-order valence-corrected chi connectivity index (χ1v) is 6.98. The van der Waals surface area contributed by atoms with Crippen LogP contribution in [0.4, 0.5) is 5.82 Å². The number of aryl methyl sites for hydroxylation is 1. The molecular formula is C13H15N3S2. The number of nitrogens with one attached hydrogen (secondary N) is 1. The number of hydrogen-bond donors (Lipinski definition) is 2. The maximum absolute atomic E-state index is 5.63. The van der Waals surface area contributed by atoms with E-state index >= 15 is 0 Å². The molecule has 18 heavy (non-hydrogen) atoms. The first-order chi connectivity index (χ1) is 8.65. The maximum Gasteiger partial charge on any atom is 0.126 e. The van der Waals surface area contributed by atoms with Crippen LogP contribution >= 0.6 is 23.6 Å². The normalized spacial score (nSPS) is 10.3. The molecule has 3 nitrogen and oxygen atoms in total. The highest BCUT2D eigenvalue weighted by Crippen LogP contribution is 2.12. The van der Waals surface area contributed by atoms with E-state index in [1.807, 2.05) is 19.1 Å². The molecular weight excluding hydrogens is 262 g/mol. The molecule has 0 aliphatic heterocycles. The quantitative estimate of drug-likeness (QED) is 0.825.